The van der Waals surface area contributed by atoms with E-state index in [1.54, 1.807) is 23.9 Å². The molecule has 186 valence electrons. The number of aryl methyl sites for hydroxylation is 1. The van der Waals surface area contributed by atoms with Crippen molar-refractivity contribution in [2.45, 2.75) is 17.0 Å². The number of amides is 2. The first-order valence-corrected chi connectivity index (χ1v) is 13.0. The highest BCUT2D eigenvalue weighted by Gasteiger charge is 2.27. The second kappa shape index (κ2) is 10.6. The zero-order valence-corrected chi connectivity index (χ0v) is 20.7. The number of carbonyl (C=O) groups is 2. The number of thioether (sulfide) groups is 1. The van der Waals surface area contributed by atoms with Crippen molar-refractivity contribution < 1.29 is 27.2 Å². The van der Waals surface area contributed by atoms with Crippen LogP contribution in [0.3, 0.4) is 0 Å². The van der Waals surface area contributed by atoms with Crippen molar-refractivity contribution in [3.63, 3.8) is 0 Å². The number of ether oxygens (including phenoxy) is 1. The summed E-state index contributed by atoms with van der Waals surface area (Å²) in [6.45, 7) is 2.97. The molecule has 1 aliphatic heterocycles. The SMILES string of the molecule is Cc1occc1-c1nnc(SCC(=O)NNC(=O)c2cccc(S(=O)(=O)N3CCOCC3)c2)n1C. The van der Waals surface area contributed by atoms with Crippen LogP contribution in [0.5, 0.6) is 0 Å². The second-order valence-corrected chi connectivity index (χ2v) is 10.5. The predicted octanol–water partition coefficient (Wildman–Crippen LogP) is 0.958. The quantitative estimate of drug-likeness (QED) is 0.343. The average molecular weight is 521 g/mol. The van der Waals surface area contributed by atoms with Crippen LogP contribution in [0.4, 0.5) is 0 Å². The Balaban J connectivity index is 1.32. The smallest absolute Gasteiger partial charge is 0.269 e. The summed E-state index contributed by atoms with van der Waals surface area (Å²) in [5, 5.41) is 8.76. The van der Waals surface area contributed by atoms with Crippen LogP contribution < -0.4 is 10.9 Å². The summed E-state index contributed by atoms with van der Waals surface area (Å²) >= 11 is 1.15. The molecule has 12 nitrogen and oxygen atoms in total. The fourth-order valence-electron chi connectivity index (χ4n) is 3.39. The van der Waals surface area contributed by atoms with E-state index in [-0.39, 0.29) is 29.3 Å². The molecule has 4 rings (SSSR count). The molecule has 2 amide bonds. The number of carbonyl (C=O) groups excluding carboxylic acids is 2. The molecule has 0 unspecified atom stereocenters. The summed E-state index contributed by atoms with van der Waals surface area (Å²) in [6.07, 6.45) is 1.57. The number of benzene rings is 1. The van der Waals surface area contributed by atoms with Gasteiger partial charge in [0.05, 0.1) is 35.7 Å². The zero-order valence-electron chi connectivity index (χ0n) is 19.1. The predicted molar refractivity (Wildman–Crippen MR) is 126 cm³/mol. The molecule has 0 aliphatic carbocycles. The van der Waals surface area contributed by atoms with Gasteiger partial charge >= 0.3 is 0 Å². The van der Waals surface area contributed by atoms with Gasteiger partial charge in [-0.2, -0.15) is 4.31 Å². The number of sulfonamides is 1. The van der Waals surface area contributed by atoms with Gasteiger partial charge in [0.2, 0.25) is 15.9 Å². The fraction of sp³-hybridized carbons (Fsp3) is 0.333. The Bertz CT molecular complexity index is 1330. The van der Waals surface area contributed by atoms with Gasteiger partial charge in [-0.1, -0.05) is 17.8 Å². The molecule has 3 aromatic rings. The monoisotopic (exact) mass is 520 g/mol. The lowest BCUT2D eigenvalue weighted by molar-refractivity contribution is -0.119. The molecule has 0 radical (unpaired) electrons. The molecule has 0 saturated carbocycles. The summed E-state index contributed by atoms with van der Waals surface area (Å²) in [7, 11) is -1.97. The molecular formula is C21H24N6O6S2. The van der Waals surface area contributed by atoms with Crippen molar-refractivity contribution in [3.8, 4) is 11.4 Å². The number of hydrogen-bond donors (Lipinski definition) is 2. The Morgan fingerprint density at radius 3 is 2.63 bits per heavy atom. The van der Waals surface area contributed by atoms with Crippen molar-refractivity contribution in [1.82, 2.24) is 29.9 Å². The molecule has 1 saturated heterocycles. The highest BCUT2D eigenvalue weighted by Crippen LogP contribution is 2.25. The van der Waals surface area contributed by atoms with E-state index in [4.69, 9.17) is 9.15 Å². The van der Waals surface area contributed by atoms with E-state index in [1.807, 2.05) is 6.92 Å². The third-order valence-electron chi connectivity index (χ3n) is 5.29. The molecule has 35 heavy (non-hydrogen) atoms. The highest BCUT2D eigenvalue weighted by molar-refractivity contribution is 7.99. The van der Waals surface area contributed by atoms with Crippen LogP contribution >= 0.6 is 11.8 Å². The molecule has 3 heterocycles. The van der Waals surface area contributed by atoms with Crippen LogP contribution in [0, 0.1) is 6.92 Å². The molecule has 2 N–H and O–H groups in total. The van der Waals surface area contributed by atoms with Crippen molar-refractivity contribution in [1.29, 1.82) is 0 Å². The Kier molecular flexibility index (Phi) is 7.54. The van der Waals surface area contributed by atoms with E-state index in [1.165, 1.54) is 28.6 Å². The second-order valence-electron chi connectivity index (χ2n) is 7.59. The normalized spacial score (nSPS) is 14.6. The summed E-state index contributed by atoms with van der Waals surface area (Å²) in [4.78, 5) is 24.8. The molecule has 14 heteroatoms. The Hall–Kier alpha value is -3.20. The fourth-order valence-corrected chi connectivity index (χ4v) is 5.56. The minimum absolute atomic E-state index is 0.000113. The van der Waals surface area contributed by atoms with E-state index >= 15 is 0 Å². The number of hydrazine groups is 1. The Morgan fingerprint density at radius 2 is 1.91 bits per heavy atom. The molecule has 1 aliphatic rings. The lowest BCUT2D eigenvalue weighted by atomic mass is 10.2. The van der Waals surface area contributed by atoms with Crippen molar-refractivity contribution in [3.05, 3.63) is 47.9 Å². The number of furan rings is 1. The third kappa shape index (κ3) is 5.56. The van der Waals surface area contributed by atoms with Crippen molar-refractivity contribution in [2.24, 2.45) is 7.05 Å². The number of aromatic nitrogens is 3. The van der Waals surface area contributed by atoms with Crippen LogP contribution in [0.15, 0.2) is 51.1 Å². The van der Waals surface area contributed by atoms with E-state index in [9.17, 15) is 18.0 Å². The van der Waals surface area contributed by atoms with Gasteiger partial charge in [0.1, 0.15) is 5.76 Å². The van der Waals surface area contributed by atoms with Crippen molar-refractivity contribution >= 4 is 33.6 Å². The summed E-state index contributed by atoms with van der Waals surface area (Å²) in [5.41, 5.74) is 5.54. The average Bonchev–Trinajstić information content (AvgIpc) is 3.46. The van der Waals surface area contributed by atoms with Gasteiger partial charge in [0, 0.05) is 25.7 Å². The van der Waals surface area contributed by atoms with Gasteiger partial charge < -0.3 is 13.7 Å². The van der Waals surface area contributed by atoms with E-state index in [2.05, 4.69) is 21.0 Å². The first-order chi connectivity index (χ1) is 16.8. The van der Waals surface area contributed by atoms with Gasteiger partial charge in [-0.3, -0.25) is 20.4 Å². The molecule has 1 aromatic carbocycles. The first kappa shape index (κ1) is 24.9. The third-order valence-corrected chi connectivity index (χ3v) is 8.20. The Morgan fingerprint density at radius 1 is 1.14 bits per heavy atom. The van der Waals surface area contributed by atoms with Crippen molar-refractivity contribution in [2.75, 3.05) is 32.1 Å². The topological polar surface area (TPSA) is 149 Å². The number of rotatable bonds is 7. The summed E-state index contributed by atoms with van der Waals surface area (Å²) in [6, 6.07) is 7.44. The van der Waals surface area contributed by atoms with Crippen LogP contribution in [-0.4, -0.2) is 71.4 Å². The van der Waals surface area contributed by atoms with Crippen LogP contribution in [-0.2, 0) is 26.6 Å². The van der Waals surface area contributed by atoms with Crippen LogP contribution in [0.25, 0.3) is 11.4 Å². The molecule has 0 bridgehead atoms. The van der Waals surface area contributed by atoms with Gasteiger partial charge in [-0.05, 0) is 31.2 Å². The molecule has 2 aromatic heterocycles. The summed E-state index contributed by atoms with van der Waals surface area (Å²) < 4.78 is 39.2. The van der Waals surface area contributed by atoms with Gasteiger partial charge in [-0.15, -0.1) is 10.2 Å². The lowest BCUT2D eigenvalue weighted by Crippen LogP contribution is -2.43. The summed E-state index contributed by atoms with van der Waals surface area (Å²) in [5.74, 6) is 0.184. The number of nitrogens with zero attached hydrogens (tertiary/aromatic N) is 4. The van der Waals surface area contributed by atoms with Crippen LogP contribution in [0.1, 0.15) is 16.1 Å². The largest absolute Gasteiger partial charge is 0.469 e. The minimum Gasteiger partial charge on any atom is -0.469 e. The van der Waals surface area contributed by atoms with Gasteiger partial charge in [0.25, 0.3) is 5.91 Å². The Labute approximate surface area is 206 Å². The highest BCUT2D eigenvalue weighted by atomic mass is 32.2. The van der Waals surface area contributed by atoms with Gasteiger partial charge in [0.15, 0.2) is 11.0 Å². The maximum Gasteiger partial charge on any atom is 0.269 e. The maximum atomic E-state index is 12.8. The number of hydrogen-bond acceptors (Lipinski definition) is 9. The molecule has 1 fully saturated rings. The van der Waals surface area contributed by atoms with E-state index in [0.717, 1.165) is 17.3 Å². The van der Waals surface area contributed by atoms with E-state index in [0.29, 0.717) is 30.0 Å². The van der Waals surface area contributed by atoms with E-state index < -0.39 is 21.8 Å². The zero-order chi connectivity index (χ0) is 25.0. The molecular weight excluding hydrogens is 496 g/mol. The first-order valence-electron chi connectivity index (χ1n) is 10.6. The number of nitrogens with one attached hydrogen (secondary N) is 2. The lowest BCUT2D eigenvalue weighted by Gasteiger charge is -2.26. The maximum absolute atomic E-state index is 12.8. The standard InChI is InChI=1S/C21H24N6O6S2/c1-14-17(6-9-33-14)19-23-25-21(26(19)2)34-13-18(28)22-24-20(29)15-4-3-5-16(12-15)35(30,31)27-7-10-32-11-8-27/h3-6,9,12H,7-8,10-11,13H2,1-2H3,(H,22,28)(H,24,29). The minimum atomic E-state index is -3.75. The van der Waals surface area contributed by atoms with Crippen LogP contribution in [0.2, 0.25) is 0 Å². The molecule has 0 spiro atoms. The van der Waals surface area contributed by atoms with Gasteiger partial charge in [-0.25, -0.2) is 8.42 Å². The molecule has 0 atom stereocenters. The number of morpholine rings is 1.